The number of thioether (sulfide) groups is 1. The van der Waals surface area contributed by atoms with Crippen molar-refractivity contribution in [1.29, 1.82) is 0 Å². The molecule has 1 saturated heterocycles. The predicted octanol–water partition coefficient (Wildman–Crippen LogP) is 2.48. The molecule has 2 amide bonds. The van der Waals surface area contributed by atoms with Gasteiger partial charge in [0, 0.05) is 34.6 Å². The Kier molecular flexibility index (Phi) is 4.74. The monoisotopic (exact) mass is 486 g/mol. The zero-order valence-corrected chi connectivity index (χ0v) is 19.1. The van der Waals surface area contributed by atoms with Gasteiger partial charge in [0.25, 0.3) is 0 Å². The largest absolute Gasteiger partial charge is 0.508 e. The minimum Gasteiger partial charge on any atom is -0.508 e. The number of para-hydroxylation sites is 1. The number of aliphatic carboxylic acids is 1. The molecule has 0 radical (unpaired) electrons. The number of phenolic OH excluding ortho intramolecular Hbond substituents is 1. The molecule has 2 aliphatic carbocycles. The van der Waals surface area contributed by atoms with Crippen molar-refractivity contribution in [2.75, 3.05) is 6.54 Å². The number of hydrogen-bond acceptors (Lipinski definition) is 7. The first kappa shape index (κ1) is 21.0. The third-order valence-electron chi connectivity index (χ3n) is 7.86. The van der Waals surface area contributed by atoms with Gasteiger partial charge in [-0.25, -0.2) is 0 Å². The molecule has 2 saturated carbocycles. The molecule has 1 aromatic carbocycles. The summed E-state index contributed by atoms with van der Waals surface area (Å²) in [5, 5.41) is 20.5. The van der Waals surface area contributed by atoms with Crippen LogP contribution in [0.1, 0.15) is 35.6 Å². The van der Waals surface area contributed by atoms with Crippen molar-refractivity contribution in [2.24, 2.45) is 29.6 Å². The summed E-state index contributed by atoms with van der Waals surface area (Å²) >= 11 is 2.76. The molecule has 0 unspecified atom stereocenters. The highest BCUT2D eigenvalue weighted by molar-refractivity contribution is 8.00. The molecule has 8 nitrogen and oxygen atoms in total. The van der Waals surface area contributed by atoms with E-state index in [0.29, 0.717) is 0 Å². The molecule has 3 fully saturated rings. The number of aromatic amines is 1. The molecule has 4 aliphatic rings. The van der Waals surface area contributed by atoms with Crippen molar-refractivity contribution < 1.29 is 24.6 Å². The van der Waals surface area contributed by atoms with Crippen molar-refractivity contribution in [3.63, 3.8) is 0 Å². The fourth-order valence-corrected chi connectivity index (χ4v) is 9.67. The number of imide groups is 1. The number of carboxylic acids is 1. The normalized spacial score (nSPS) is 33.8. The second-order valence-electron chi connectivity index (χ2n) is 9.34. The number of aromatic hydroxyl groups is 1. The van der Waals surface area contributed by atoms with E-state index in [1.807, 2.05) is 12.1 Å². The summed E-state index contributed by atoms with van der Waals surface area (Å²) in [6.45, 7) is 0.141. The first-order valence-corrected chi connectivity index (χ1v) is 12.8. The molecule has 3 N–H and O–H groups in total. The van der Waals surface area contributed by atoms with Crippen LogP contribution in [-0.2, 0) is 14.4 Å². The number of thiazole rings is 1. The number of fused-ring (bicyclic) bond motifs is 9. The van der Waals surface area contributed by atoms with Gasteiger partial charge in [0.2, 0.25) is 11.8 Å². The SMILES string of the molecule is O=C(O)CCCN1C(=O)[C@@H]2[C@H]3C[C@@H]([C@@H]2C1=O)[C@@H]1[C@H](c2ccccc2O)c2sc(=O)[nH]c2S[C@@H]31. The van der Waals surface area contributed by atoms with E-state index >= 15 is 0 Å². The number of carbonyl (C=O) groups is 3. The van der Waals surface area contributed by atoms with Gasteiger partial charge in [-0.1, -0.05) is 29.5 Å². The average Bonchev–Trinajstić information content (AvgIpc) is 3.49. The Labute approximate surface area is 197 Å². The molecule has 0 spiro atoms. The van der Waals surface area contributed by atoms with Crippen molar-refractivity contribution in [2.45, 2.75) is 35.5 Å². The van der Waals surface area contributed by atoms with Gasteiger partial charge < -0.3 is 15.2 Å². The molecule has 2 bridgehead atoms. The van der Waals surface area contributed by atoms with E-state index in [2.05, 4.69) is 4.98 Å². The molecule has 2 aromatic rings. The lowest BCUT2D eigenvalue weighted by atomic mass is 9.68. The minimum atomic E-state index is -0.942. The number of rotatable bonds is 5. The molecular weight excluding hydrogens is 464 g/mol. The van der Waals surface area contributed by atoms with Gasteiger partial charge in [0.15, 0.2) is 0 Å². The van der Waals surface area contributed by atoms with Gasteiger partial charge in [-0.2, -0.15) is 0 Å². The number of phenols is 1. The molecule has 2 aliphatic heterocycles. The zero-order chi connectivity index (χ0) is 23.0. The lowest BCUT2D eigenvalue weighted by Crippen LogP contribution is -2.42. The third-order valence-corrected chi connectivity index (χ3v) is 10.4. The molecule has 6 rings (SSSR count). The first-order valence-electron chi connectivity index (χ1n) is 11.1. The maximum atomic E-state index is 13.3. The standard InChI is InChI=1S/C23H22N2O6S2/c26-12-5-2-1-4-9(12)14-15-10-8-11(18(15)32-20-19(14)33-23(31)24-20)17-16(10)21(29)25(22(17)30)7-3-6-13(27)28/h1-2,4-5,10-11,14-18,26H,3,6-8H2,(H,24,31)(H,27,28)/t10-,11-,14+,15-,16+,17-,18+/m1/s1. The van der Waals surface area contributed by atoms with Crippen LogP contribution in [0.4, 0.5) is 0 Å². The summed E-state index contributed by atoms with van der Waals surface area (Å²) < 4.78 is 0. The van der Waals surface area contributed by atoms with Crippen molar-refractivity contribution in [1.82, 2.24) is 9.88 Å². The molecular formula is C23H22N2O6S2. The van der Waals surface area contributed by atoms with Crippen molar-refractivity contribution in [3.05, 3.63) is 44.4 Å². The summed E-state index contributed by atoms with van der Waals surface area (Å²) in [5.41, 5.74) is 0.753. The fourth-order valence-electron chi connectivity index (χ4n) is 6.79. The summed E-state index contributed by atoms with van der Waals surface area (Å²) in [4.78, 5) is 54.7. The molecule has 10 heteroatoms. The molecule has 33 heavy (non-hydrogen) atoms. The number of carbonyl (C=O) groups excluding carboxylic acids is 2. The second kappa shape index (κ2) is 7.46. The number of benzene rings is 1. The third kappa shape index (κ3) is 2.96. The lowest BCUT2D eigenvalue weighted by Gasteiger charge is -2.43. The van der Waals surface area contributed by atoms with Crippen molar-refractivity contribution in [3.8, 4) is 5.75 Å². The number of carboxylic acid groups (broad SMARTS) is 1. The minimum absolute atomic E-state index is 0.0147. The fraction of sp³-hybridized carbons (Fsp3) is 0.478. The Hall–Kier alpha value is -2.59. The smallest absolute Gasteiger partial charge is 0.305 e. The number of nitrogens with zero attached hydrogens (tertiary/aromatic N) is 1. The number of H-pyrrole nitrogens is 1. The van der Waals surface area contributed by atoms with E-state index in [1.165, 1.54) is 4.90 Å². The summed E-state index contributed by atoms with van der Waals surface area (Å²) in [5.74, 6) is -2.10. The quantitative estimate of drug-likeness (QED) is 0.554. The maximum absolute atomic E-state index is 13.3. The highest BCUT2D eigenvalue weighted by Crippen LogP contribution is 2.68. The van der Waals surface area contributed by atoms with E-state index in [-0.39, 0.29) is 76.7 Å². The van der Waals surface area contributed by atoms with Crippen LogP contribution in [0.2, 0.25) is 0 Å². The summed E-state index contributed by atoms with van der Waals surface area (Å²) in [7, 11) is 0. The van der Waals surface area contributed by atoms with E-state index < -0.39 is 11.9 Å². The molecule has 1 aromatic heterocycles. The summed E-state index contributed by atoms with van der Waals surface area (Å²) in [6, 6.07) is 7.15. The average molecular weight is 487 g/mol. The van der Waals surface area contributed by atoms with Gasteiger partial charge in [-0.05, 0) is 36.7 Å². The Morgan fingerprint density at radius 1 is 1.12 bits per heavy atom. The van der Waals surface area contributed by atoms with Crippen molar-refractivity contribution >= 4 is 40.9 Å². The van der Waals surface area contributed by atoms with Crippen LogP contribution < -0.4 is 4.87 Å². The van der Waals surface area contributed by atoms with Crippen LogP contribution in [0, 0.1) is 29.6 Å². The number of nitrogens with one attached hydrogen (secondary N) is 1. The Morgan fingerprint density at radius 3 is 2.58 bits per heavy atom. The first-order chi connectivity index (χ1) is 15.9. The van der Waals surface area contributed by atoms with Crippen LogP contribution in [0.25, 0.3) is 0 Å². The van der Waals surface area contributed by atoms with Gasteiger partial charge >= 0.3 is 10.8 Å². The molecule has 172 valence electrons. The maximum Gasteiger partial charge on any atom is 0.305 e. The van der Waals surface area contributed by atoms with Crippen LogP contribution in [0.15, 0.2) is 34.1 Å². The van der Waals surface area contributed by atoms with E-state index in [1.54, 1.807) is 23.9 Å². The molecule has 3 heterocycles. The van der Waals surface area contributed by atoms with Crippen LogP contribution in [0.3, 0.4) is 0 Å². The second-order valence-corrected chi connectivity index (χ2v) is 11.5. The van der Waals surface area contributed by atoms with E-state index in [9.17, 15) is 24.3 Å². The molecule has 7 atom stereocenters. The predicted molar refractivity (Wildman–Crippen MR) is 120 cm³/mol. The number of likely N-dealkylation sites (tertiary alicyclic amines) is 1. The van der Waals surface area contributed by atoms with Gasteiger partial charge in [0.1, 0.15) is 5.75 Å². The Bertz CT molecular complexity index is 1240. The number of aromatic nitrogens is 1. The highest BCUT2D eigenvalue weighted by atomic mass is 32.2. The van der Waals surface area contributed by atoms with E-state index in [4.69, 9.17) is 5.11 Å². The van der Waals surface area contributed by atoms with Gasteiger partial charge in [0.05, 0.1) is 16.9 Å². The Balaban J connectivity index is 1.39. The Morgan fingerprint density at radius 2 is 1.85 bits per heavy atom. The lowest BCUT2D eigenvalue weighted by molar-refractivity contribution is -0.142. The van der Waals surface area contributed by atoms with Gasteiger partial charge in [-0.15, -0.1) is 11.8 Å². The van der Waals surface area contributed by atoms with Crippen LogP contribution >= 0.6 is 23.1 Å². The van der Waals surface area contributed by atoms with Gasteiger partial charge in [-0.3, -0.25) is 24.1 Å². The number of hydrogen-bond donors (Lipinski definition) is 3. The zero-order valence-electron chi connectivity index (χ0n) is 17.5. The number of amides is 2. The topological polar surface area (TPSA) is 128 Å². The van der Waals surface area contributed by atoms with Crippen LogP contribution in [-0.4, -0.2) is 49.7 Å². The summed E-state index contributed by atoms with van der Waals surface area (Å²) in [6.07, 6.45) is 0.951. The van der Waals surface area contributed by atoms with E-state index in [0.717, 1.165) is 33.2 Å². The highest BCUT2D eigenvalue weighted by Gasteiger charge is 2.69. The van der Waals surface area contributed by atoms with Crippen LogP contribution in [0.5, 0.6) is 5.75 Å².